The van der Waals surface area contributed by atoms with Crippen LogP contribution in [-0.2, 0) is 11.3 Å². The molecule has 0 aliphatic heterocycles. The molecule has 0 radical (unpaired) electrons. The van der Waals surface area contributed by atoms with Crippen LogP contribution < -0.4 is 0 Å². The number of rotatable bonds is 6. The van der Waals surface area contributed by atoms with E-state index in [1.54, 1.807) is 24.3 Å². The Morgan fingerprint density at radius 1 is 1.09 bits per heavy atom. The molecule has 122 valence electrons. The molecule has 0 spiro atoms. The van der Waals surface area contributed by atoms with Crippen LogP contribution in [-0.4, -0.2) is 17.6 Å². The Morgan fingerprint density at radius 2 is 1.74 bits per heavy atom. The monoisotopic (exact) mass is 338 g/mol. The third kappa shape index (κ3) is 3.55. The summed E-state index contributed by atoms with van der Waals surface area (Å²) in [6.07, 6.45) is -1.22. The molecule has 1 saturated carbocycles. The van der Waals surface area contributed by atoms with E-state index in [-0.39, 0.29) is 13.2 Å². The Balaban J connectivity index is 1.57. The maximum Gasteiger partial charge on any atom is 0.259 e. The van der Waals surface area contributed by atoms with E-state index in [9.17, 15) is 13.9 Å². The first-order valence-electron chi connectivity index (χ1n) is 7.43. The Bertz CT molecular complexity index is 646. The molecular weight excluding hydrogens is 322 g/mol. The zero-order chi connectivity index (χ0) is 16.4. The number of halogens is 3. The first kappa shape index (κ1) is 16.4. The summed E-state index contributed by atoms with van der Waals surface area (Å²) in [6.45, 7) is 0.217. The zero-order valence-corrected chi connectivity index (χ0v) is 13.1. The van der Waals surface area contributed by atoms with Gasteiger partial charge in [-0.3, -0.25) is 0 Å². The molecule has 1 fully saturated rings. The second-order valence-electron chi connectivity index (χ2n) is 5.80. The van der Waals surface area contributed by atoms with Gasteiger partial charge < -0.3 is 9.84 Å². The van der Waals surface area contributed by atoms with Crippen molar-refractivity contribution < 1.29 is 18.6 Å². The number of aliphatic hydroxyl groups excluding tert-OH is 1. The number of hydrogen-bond acceptors (Lipinski definition) is 2. The van der Waals surface area contributed by atoms with Gasteiger partial charge in [-0.25, -0.2) is 8.78 Å². The lowest BCUT2D eigenvalue weighted by Gasteiger charge is -2.10. The van der Waals surface area contributed by atoms with Gasteiger partial charge in [0.25, 0.3) is 5.92 Å². The van der Waals surface area contributed by atoms with Crippen LogP contribution in [0.2, 0.25) is 5.02 Å². The predicted molar refractivity (Wildman–Crippen MR) is 84.4 cm³/mol. The molecule has 3 rings (SSSR count). The molecule has 2 nitrogen and oxygen atoms in total. The van der Waals surface area contributed by atoms with Crippen molar-refractivity contribution in [3.63, 3.8) is 0 Å². The van der Waals surface area contributed by atoms with Crippen molar-refractivity contribution in [2.75, 3.05) is 6.61 Å². The summed E-state index contributed by atoms with van der Waals surface area (Å²) >= 11 is 5.77. The number of aliphatic hydroxyl groups is 1. The second-order valence-corrected chi connectivity index (χ2v) is 6.24. The van der Waals surface area contributed by atoms with Crippen molar-refractivity contribution in [2.45, 2.75) is 18.6 Å². The third-order valence-electron chi connectivity index (χ3n) is 4.22. The van der Waals surface area contributed by atoms with Crippen molar-refractivity contribution in [1.82, 2.24) is 0 Å². The van der Waals surface area contributed by atoms with Crippen molar-refractivity contribution in [2.24, 2.45) is 11.8 Å². The summed E-state index contributed by atoms with van der Waals surface area (Å²) in [7, 11) is 0. The van der Waals surface area contributed by atoms with Gasteiger partial charge in [0.15, 0.2) is 0 Å². The molecule has 1 aliphatic rings. The Labute approximate surface area is 138 Å². The highest BCUT2D eigenvalue weighted by Gasteiger charge is 2.70. The van der Waals surface area contributed by atoms with Crippen LogP contribution in [0.5, 0.6) is 0 Å². The number of ether oxygens (including phenoxy) is 1. The van der Waals surface area contributed by atoms with Crippen molar-refractivity contribution in [1.29, 1.82) is 0 Å². The van der Waals surface area contributed by atoms with Crippen molar-refractivity contribution in [3.05, 3.63) is 70.7 Å². The summed E-state index contributed by atoms with van der Waals surface area (Å²) in [5.74, 6) is -4.98. The molecule has 1 N–H and O–H groups in total. The molecule has 2 aromatic rings. The van der Waals surface area contributed by atoms with Crippen LogP contribution in [0.1, 0.15) is 17.2 Å². The minimum Gasteiger partial charge on any atom is -0.388 e. The normalized spacial score (nSPS) is 23.5. The number of benzene rings is 2. The largest absolute Gasteiger partial charge is 0.388 e. The van der Waals surface area contributed by atoms with E-state index in [0.717, 1.165) is 5.56 Å². The van der Waals surface area contributed by atoms with Gasteiger partial charge in [-0.1, -0.05) is 54.1 Å². The minimum absolute atomic E-state index is 0.0722. The first-order chi connectivity index (χ1) is 11.0. The topological polar surface area (TPSA) is 29.5 Å². The van der Waals surface area contributed by atoms with Gasteiger partial charge in [0.2, 0.25) is 0 Å². The molecule has 3 atom stereocenters. The van der Waals surface area contributed by atoms with E-state index < -0.39 is 23.9 Å². The molecule has 1 unspecified atom stereocenters. The Hall–Kier alpha value is -1.49. The van der Waals surface area contributed by atoms with Gasteiger partial charge in [0.05, 0.1) is 31.2 Å². The highest BCUT2D eigenvalue weighted by molar-refractivity contribution is 6.30. The van der Waals surface area contributed by atoms with E-state index >= 15 is 0 Å². The van der Waals surface area contributed by atoms with Crippen LogP contribution in [0, 0.1) is 11.8 Å². The smallest absolute Gasteiger partial charge is 0.259 e. The van der Waals surface area contributed by atoms with Crippen LogP contribution in [0.3, 0.4) is 0 Å². The van der Waals surface area contributed by atoms with E-state index in [4.69, 9.17) is 16.3 Å². The molecule has 2 aromatic carbocycles. The minimum atomic E-state index is -2.91. The van der Waals surface area contributed by atoms with Crippen LogP contribution in [0.25, 0.3) is 0 Å². The van der Waals surface area contributed by atoms with Crippen molar-refractivity contribution >= 4 is 11.6 Å². The van der Waals surface area contributed by atoms with Gasteiger partial charge in [-0.05, 0) is 23.3 Å². The summed E-state index contributed by atoms with van der Waals surface area (Å²) in [6, 6.07) is 15.7. The van der Waals surface area contributed by atoms with Gasteiger partial charge in [-0.15, -0.1) is 0 Å². The molecule has 0 aromatic heterocycles. The fourth-order valence-corrected chi connectivity index (χ4v) is 2.93. The molecular formula is C18H17ClF2O2. The standard InChI is InChI=1S/C18H17ClF2O2/c19-14-8-6-13(7-9-14)17(22)16-15(18(16,20)21)11-23-10-12-4-2-1-3-5-12/h1-9,15-17,22H,10-11H2/t15-,16-,17?/m1/s1. The van der Waals surface area contributed by atoms with E-state index in [1.807, 2.05) is 30.3 Å². The fourth-order valence-electron chi connectivity index (χ4n) is 2.81. The molecule has 5 heteroatoms. The van der Waals surface area contributed by atoms with Gasteiger partial charge in [0.1, 0.15) is 0 Å². The van der Waals surface area contributed by atoms with E-state index in [2.05, 4.69) is 0 Å². The average molecular weight is 339 g/mol. The third-order valence-corrected chi connectivity index (χ3v) is 4.48. The predicted octanol–water partition coefficient (Wildman–Crippen LogP) is 4.47. The highest BCUT2D eigenvalue weighted by Crippen LogP contribution is 2.60. The first-order valence-corrected chi connectivity index (χ1v) is 7.81. The summed E-state index contributed by atoms with van der Waals surface area (Å²) < 4.78 is 33.3. The maximum absolute atomic E-state index is 13.9. The molecule has 0 saturated heterocycles. The zero-order valence-electron chi connectivity index (χ0n) is 12.3. The molecule has 23 heavy (non-hydrogen) atoms. The quantitative estimate of drug-likeness (QED) is 0.842. The van der Waals surface area contributed by atoms with Gasteiger partial charge >= 0.3 is 0 Å². The Kier molecular flexibility index (Phi) is 4.67. The van der Waals surface area contributed by atoms with Crippen LogP contribution in [0.15, 0.2) is 54.6 Å². The summed E-state index contributed by atoms with van der Waals surface area (Å²) in [4.78, 5) is 0. The van der Waals surface area contributed by atoms with Crippen LogP contribution in [0.4, 0.5) is 8.78 Å². The second kappa shape index (κ2) is 6.56. The molecule has 1 aliphatic carbocycles. The number of hydrogen-bond donors (Lipinski definition) is 1. The molecule has 0 amide bonds. The summed E-state index contributed by atoms with van der Waals surface area (Å²) in [5, 5.41) is 10.7. The Morgan fingerprint density at radius 3 is 2.39 bits per heavy atom. The van der Waals surface area contributed by atoms with Gasteiger partial charge in [0, 0.05) is 5.02 Å². The summed E-state index contributed by atoms with van der Waals surface area (Å²) in [5.41, 5.74) is 1.39. The fraction of sp³-hybridized carbons (Fsp3) is 0.333. The number of alkyl halides is 2. The van der Waals surface area contributed by atoms with E-state index in [0.29, 0.717) is 10.6 Å². The van der Waals surface area contributed by atoms with Gasteiger partial charge in [-0.2, -0.15) is 0 Å². The van der Waals surface area contributed by atoms with Crippen LogP contribution >= 0.6 is 11.6 Å². The SMILES string of the molecule is OC(c1ccc(Cl)cc1)[C@H]1[C@@H](COCc2ccccc2)C1(F)F. The lowest BCUT2D eigenvalue weighted by atomic mass is 10.0. The maximum atomic E-state index is 13.9. The molecule has 0 heterocycles. The van der Waals surface area contributed by atoms with Crippen molar-refractivity contribution in [3.8, 4) is 0 Å². The highest BCUT2D eigenvalue weighted by atomic mass is 35.5. The lowest BCUT2D eigenvalue weighted by Crippen LogP contribution is -2.06. The van der Waals surface area contributed by atoms with E-state index in [1.165, 1.54) is 0 Å². The average Bonchev–Trinajstić information content (AvgIpc) is 3.09. The molecule has 0 bridgehead atoms. The lowest BCUT2D eigenvalue weighted by molar-refractivity contribution is 0.0336.